The highest BCUT2D eigenvalue weighted by Crippen LogP contribution is 2.33. The molecular weight excluding hydrogens is 296 g/mol. The molecule has 0 amide bonds. The van der Waals surface area contributed by atoms with Gasteiger partial charge in [0.1, 0.15) is 17.4 Å². The minimum absolute atomic E-state index is 0.219. The number of aromatic carboxylic acids is 1. The third kappa shape index (κ3) is 2.20. The first-order valence-electron chi connectivity index (χ1n) is 7.50. The molecule has 1 atom stereocenters. The van der Waals surface area contributed by atoms with Gasteiger partial charge in [-0.1, -0.05) is 0 Å². The van der Waals surface area contributed by atoms with Gasteiger partial charge < -0.3 is 19.7 Å². The summed E-state index contributed by atoms with van der Waals surface area (Å²) in [5.74, 6) is -0.201. The highest BCUT2D eigenvalue weighted by Gasteiger charge is 2.25. The third-order valence-corrected chi connectivity index (χ3v) is 4.37. The van der Waals surface area contributed by atoms with E-state index in [1.165, 1.54) is 12.4 Å². The average molecular weight is 312 g/mol. The number of hydrogen-bond acceptors (Lipinski definition) is 6. The van der Waals surface area contributed by atoms with Crippen LogP contribution in [0.2, 0.25) is 0 Å². The molecule has 1 aliphatic heterocycles. The summed E-state index contributed by atoms with van der Waals surface area (Å²) in [5.41, 5.74) is 2.11. The zero-order chi connectivity index (χ0) is 16.0. The number of rotatable bonds is 3. The van der Waals surface area contributed by atoms with Crippen LogP contribution in [0, 0.1) is 0 Å². The number of nitrogens with one attached hydrogen (secondary N) is 1. The molecule has 1 aliphatic rings. The lowest BCUT2D eigenvalue weighted by Gasteiger charge is -2.16. The van der Waals surface area contributed by atoms with Crippen LogP contribution < -0.4 is 10.2 Å². The van der Waals surface area contributed by atoms with Gasteiger partial charge >= 0.3 is 5.97 Å². The van der Waals surface area contributed by atoms with Crippen molar-refractivity contribution in [2.45, 2.75) is 12.5 Å². The van der Waals surface area contributed by atoms with Gasteiger partial charge in [-0.15, -0.1) is 0 Å². The van der Waals surface area contributed by atoms with E-state index in [0.29, 0.717) is 28.1 Å². The zero-order valence-corrected chi connectivity index (χ0v) is 12.6. The molecule has 7 heteroatoms. The van der Waals surface area contributed by atoms with Gasteiger partial charge in [0.2, 0.25) is 0 Å². The second kappa shape index (κ2) is 5.20. The normalized spacial score (nSPS) is 18.1. The number of nitrogens with zero attached hydrogens (tertiary/aromatic N) is 3. The Morgan fingerprint density at radius 3 is 3.04 bits per heavy atom. The van der Waals surface area contributed by atoms with E-state index in [1.54, 1.807) is 12.1 Å². The van der Waals surface area contributed by atoms with Crippen LogP contribution in [0.3, 0.4) is 0 Å². The highest BCUT2D eigenvalue weighted by atomic mass is 16.4. The molecule has 1 fully saturated rings. The molecule has 2 N–H and O–H groups in total. The summed E-state index contributed by atoms with van der Waals surface area (Å²) < 4.78 is 5.92. The summed E-state index contributed by atoms with van der Waals surface area (Å²) in [4.78, 5) is 22.0. The largest absolute Gasteiger partial charge is 0.478 e. The molecule has 1 unspecified atom stereocenters. The fraction of sp³-hybridized carbons (Fsp3) is 0.312. The van der Waals surface area contributed by atoms with Crippen LogP contribution in [0.5, 0.6) is 0 Å². The second-order valence-corrected chi connectivity index (χ2v) is 5.71. The van der Waals surface area contributed by atoms with Crippen LogP contribution in [-0.4, -0.2) is 47.2 Å². The second-order valence-electron chi connectivity index (χ2n) is 5.71. The number of carbonyl (C=O) groups is 1. The van der Waals surface area contributed by atoms with E-state index in [2.05, 4.69) is 20.2 Å². The number of likely N-dealkylation sites (N-methyl/N-ethyl adjacent to an activating group) is 1. The molecule has 1 aromatic carbocycles. The van der Waals surface area contributed by atoms with E-state index < -0.39 is 5.97 Å². The van der Waals surface area contributed by atoms with Gasteiger partial charge in [0.05, 0.1) is 5.56 Å². The Bertz CT molecular complexity index is 905. The number of benzene rings is 1. The van der Waals surface area contributed by atoms with E-state index in [0.717, 1.165) is 25.3 Å². The SMILES string of the molecule is CNC1CCN(c2ncnc3c2oc2ccc(C(=O)O)cc23)C1. The standard InChI is InChI=1S/C16H16N4O3/c1-17-10-4-5-20(7-10)15-14-13(18-8-19-15)11-6-9(16(21)22)2-3-12(11)23-14/h2-3,6,8,10,17H,4-5,7H2,1H3,(H,21,22). The number of aromatic nitrogens is 2. The number of fused-ring (bicyclic) bond motifs is 3. The Hall–Kier alpha value is -2.67. The molecule has 0 spiro atoms. The Morgan fingerprint density at radius 1 is 1.43 bits per heavy atom. The van der Waals surface area contributed by atoms with E-state index in [9.17, 15) is 4.79 Å². The molecule has 7 nitrogen and oxygen atoms in total. The van der Waals surface area contributed by atoms with Crippen molar-refractivity contribution in [2.24, 2.45) is 0 Å². The lowest BCUT2D eigenvalue weighted by atomic mass is 10.1. The molecular formula is C16H16N4O3. The molecule has 118 valence electrons. The van der Waals surface area contributed by atoms with Gasteiger partial charge in [-0.05, 0) is 31.7 Å². The van der Waals surface area contributed by atoms with Crippen molar-refractivity contribution in [3.8, 4) is 0 Å². The summed E-state index contributed by atoms with van der Waals surface area (Å²) in [6.07, 6.45) is 2.55. The van der Waals surface area contributed by atoms with Crippen molar-refractivity contribution in [1.29, 1.82) is 0 Å². The predicted molar refractivity (Wildman–Crippen MR) is 85.9 cm³/mol. The van der Waals surface area contributed by atoms with E-state index in [1.807, 2.05) is 7.05 Å². The topological polar surface area (TPSA) is 91.5 Å². The van der Waals surface area contributed by atoms with Crippen molar-refractivity contribution in [2.75, 3.05) is 25.0 Å². The molecule has 0 aliphatic carbocycles. The minimum Gasteiger partial charge on any atom is -0.478 e. The van der Waals surface area contributed by atoms with E-state index >= 15 is 0 Å². The van der Waals surface area contributed by atoms with Crippen LogP contribution in [0.4, 0.5) is 5.82 Å². The summed E-state index contributed by atoms with van der Waals surface area (Å²) in [6.45, 7) is 1.76. The Balaban J connectivity index is 1.87. The molecule has 0 bridgehead atoms. The molecule has 23 heavy (non-hydrogen) atoms. The predicted octanol–water partition coefficient (Wildman–Crippen LogP) is 1.87. The van der Waals surface area contributed by atoms with Crippen molar-refractivity contribution in [3.63, 3.8) is 0 Å². The summed E-state index contributed by atoms with van der Waals surface area (Å²) in [6, 6.07) is 5.24. The molecule has 2 aromatic heterocycles. The van der Waals surface area contributed by atoms with Gasteiger partial charge in [-0.25, -0.2) is 14.8 Å². The first-order chi connectivity index (χ1) is 11.2. The molecule has 0 radical (unpaired) electrons. The molecule has 3 aromatic rings. The quantitative estimate of drug-likeness (QED) is 0.762. The van der Waals surface area contributed by atoms with E-state index in [-0.39, 0.29) is 5.56 Å². The molecule has 3 heterocycles. The van der Waals surface area contributed by atoms with Crippen molar-refractivity contribution in [1.82, 2.24) is 15.3 Å². The summed E-state index contributed by atoms with van der Waals surface area (Å²) in [5, 5.41) is 13.1. The number of furan rings is 1. The fourth-order valence-electron chi connectivity index (χ4n) is 3.11. The number of carboxylic acid groups (broad SMARTS) is 1. The maximum Gasteiger partial charge on any atom is 0.335 e. The third-order valence-electron chi connectivity index (χ3n) is 4.37. The average Bonchev–Trinajstić information content (AvgIpc) is 3.18. The Labute approximate surface area is 131 Å². The first kappa shape index (κ1) is 14.0. The highest BCUT2D eigenvalue weighted by molar-refractivity contribution is 6.07. The van der Waals surface area contributed by atoms with Crippen LogP contribution >= 0.6 is 0 Å². The smallest absolute Gasteiger partial charge is 0.335 e. The van der Waals surface area contributed by atoms with Crippen LogP contribution in [0.15, 0.2) is 28.9 Å². The minimum atomic E-state index is -0.966. The molecule has 1 saturated heterocycles. The van der Waals surface area contributed by atoms with Gasteiger partial charge in [-0.2, -0.15) is 0 Å². The van der Waals surface area contributed by atoms with E-state index in [4.69, 9.17) is 9.52 Å². The lowest BCUT2D eigenvalue weighted by molar-refractivity contribution is 0.0697. The van der Waals surface area contributed by atoms with Gasteiger partial charge in [0, 0.05) is 24.5 Å². The summed E-state index contributed by atoms with van der Waals surface area (Å²) >= 11 is 0. The lowest BCUT2D eigenvalue weighted by Crippen LogP contribution is -2.29. The Morgan fingerprint density at radius 2 is 2.30 bits per heavy atom. The van der Waals surface area contributed by atoms with Gasteiger partial charge in [0.25, 0.3) is 0 Å². The van der Waals surface area contributed by atoms with Crippen molar-refractivity contribution < 1.29 is 14.3 Å². The van der Waals surface area contributed by atoms with Gasteiger partial charge in [-0.3, -0.25) is 0 Å². The molecule has 4 rings (SSSR count). The number of carboxylic acids is 1. The van der Waals surface area contributed by atoms with Gasteiger partial charge in [0.15, 0.2) is 11.4 Å². The zero-order valence-electron chi connectivity index (χ0n) is 12.6. The maximum absolute atomic E-state index is 11.2. The molecule has 0 saturated carbocycles. The van der Waals surface area contributed by atoms with Crippen LogP contribution in [0.1, 0.15) is 16.8 Å². The number of hydrogen-bond donors (Lipinski definition) is 2. The number of anilines is 1. The fourth-order valence-corrected chi connectivity index (χ4v) is 3.11. The maximum atomic E-state index is 11.2. The van der Waals surface area contributed by atoms with Crippen molar-refractivity contribution >= 4 is 33.9 Å². The Kier molecular flexibility index (Phi) is 3.16. The van der Waals surface area contributed by atoms with Crippen molar-refractivity contribution in [3.05, 3.63) is 30.1 Å². The van der Waals surface area contributed by atoms with Crippen LogP contribution in [-0.2, 0) is 0 Å². The monoisotopic (exact) mass is 312 g/mol. The summed E-state index contributed by atoms with van der Waals surface area (Å²) in [7, 11) is 1.96. The first-order valence-corrected chi connectivity index (χ1v) is 7.50. The van der Waals surface area contributed by atoms with Crippen LogP contribution in [0.25, 0.3) is 22.1 Å².